The maximum atomic E-state index is 14.6. The van der Waals surface area contributed by atoms with Crippen molar-refractivity contribution in [2.75, 3.05) is 4.90 Å². The van der Waals surface area contributed by atoms with E-state index in [1.54, 1.807) is 24.3 Å². The van der Waals surface area contributed by atoms with Crippen LogP contribution in [0.25, 0.3) is 0 Å². The smallest absolute Gasteiger partial charge is 0.252 e. The molecule has 0 atom stereocenters. The first-order valence-corrected chi connectivity index (χ1v) is 7.62. The molecule has 1 aromatic heterocycles. The lowest BCUT2D eigenvalue weighted by Gasteiger charge is -2.34. The van der Waals surface area contributed by atoms with Crippen molar-refractivity contribution in [2.24, 2.45) is 0 Å². The molecule has 0 amide bonds. The third-order valence-electron chi connectivity index (χ3n) is 4.28. The van der Waals surface area contributed by atoms with Crippen molar-refractivity contribution in [3.05, 3.63) is 82.9 Å². The van der Waals surface area contributed by atoms with Crippen LogP contribution in [-0.2, 0) is 6.42 Å². The number of para-hydroxylation sites is 2. The highest BCUT2D eigenvalue weighted by molar-refractivity contribution is 5.93. The second kappa shape index (κ2) is 5.73. The molecule has 0 saturated carbocycles. The summed E-state index contributed by atoms with van der Waals surface area (Å²) >= 11 is 0. The SMILES string of the molecule is N=Cc1c(F)c(F)nc(F)c1N1c2ccccc2Cc2ccccc21. The lowest BCUT2D eigenvalue weighted by molar-refractivity contribution is 0.447. The Kier molecular flexibility index (Phi) is 3.53. The Balaban J connectivity index is 2.08. The average Bonchev–Trinajstić information content (AvgIpc) is 2.63. The Hall–Kier alpha value is -3.15. The van der Waals surface area contributed by atoms with Gasteiger partial charge in [0.1, 0.15) is 5.69 Å². The fourth-order valence-electron chi connectivity index (χ4n) is 3.19. The van der Waals surface area contributed by atoms with Gasteiger partial charge < -0.3 is 10.3 Å². The fraction of sp³-hybridized carbons (Fsp3) is 0.0526. The summed E-state index contributed by atoms with van der Waals surface area (Å²) < 4.78 is 42.3. The highest BCUT2D eigenvalue weighted by Crippen LogP contribution is 2.45. The molecule has 0 fully saturated rings. The van der Waals surface area contributed by atoms with E-state index in [0.717, 1.165) is 11.1 Å². The van der Waals surface area contributed by atoms with Crippen LogP contribution in [0.4, 0.5) is 30.2 Å². The number of anilines is 3. The van der Waals surface area contributed by atoms with Crippen molar-refractivity contribution in [3.63, 3.8) is 0 Å². The lowest BCUT2D eigenvalue weighted by Crippen LogP contribution is -2.22. The van der Waals surface area contributed by atoms with Crippen molar-refractivity contribution < 1.29 is 13.2 Å². The van der Waals surface area contributed by atoms with E-state index in [4.69, 9.17) is 5.41 Å². The number of nitrogens with zero attached hydrogens (tertiary/aromatic N) is 2. The molecule has 2 heterocycles. The Morgan fingerprint density at radius 3 is 2.00 bits per heavy atom. The first-order chi connectivity index (χ1) is 12.1. The molecule has 2 aromatic carbocycles. The van der Waals surface area contributed by atoms with Crippen LogP contribution in [-0.4, -0.2) is 11.2 Å². The summed E-state index contributed by atoms with van der Waals surface area (Å²) in [6.45, 7) is 0. The summed E-state index contributed by atoms with van der Waals surface area (Å²) in [5, 5.41) is 7.45. The van der Waals surface area contributed by atoms with Crippen molar-refractivity contribution in [1.29, 1.82) is 5.41 Å². The second-order valence-electron chi connectivity index (χ2n) is 5.68. The summed E-state index contributed by atoms with van der Waals surface area (Å²) in [6, 6.07) is 14.6. The molecule has 0 saturated heterocycles. The van der Waals surface area contributed by atoms with Gasteiger partial charge in [0, 0.05) is 24.0 Å². The number of rotatable bonds is 2. The zero-order valence-corrected chi connectivity index (χ0v) is 12.9. The highest BCUT2D eigenvalue weighted by atomic mass is 19.2. The molecule has 124 valence electrons. The summed E-state index contributed by atoms with van der Waals surface area (Å²) in [5.41, 5.74) is 2.39. The van der Waals surface area contributed by atoms with Gasteiger partial charge in [-0.1, -0.05) is 36.4 Å². The predicted octanol–water partition coefficient (Wildman–Crippen LogP) is 4.87. The third kappa shape index (κ3) is 2.29. The van der Waals surface area contributed by atoms with Gasteiger partial charge in [-0.2, -0.15) is 13.8 Å². The van der Waals surface area contributed by atoms with Crippen LogP contribution in [0, 0.1) is 23.1 Å². The molecular weight excluding hydrogens is 327 g/mol. The van der Waals surface area contributed by atoms with Gasteiger partial charge in [-0.05, 0) is 23.3 Å². The topological polar surface area (TPSA) is 40.0 Å². The van der Waals surface area contributed by atoms with Gasteiger partial charge in [0.15, 0.2) is 5.82 Å². The van der Waals surface area contributed by atoms with Crippen molar-refractivity contribution in [2.45, 2.75) is 6.42 Å². The van der Waals surface area contributed by atoms with Crippen molar-refractivity contribution in [1.82, 2.24) is 4.98 Å². The Labute approximate surface area is 141 Å². The fourth-order valence-corrected chi connectivity index (χ4v) is 3.19. The van der Waals surface area contributed by atoms with Crippen LogP contribution in [0.3, 0.4) is 0 Å². The molecule has 3 aromatic rings. The van der Waals surface area contributed by atoms with Crippen molar-refractivity contribution >= 4 is 23.3 Å². The first kappa shape index (κ1) is 15.4. The molecule has 0 bridgehead atoms. The van der Waals surface area contributed by atoms with Crippen LogP contribution >= 0.6 is 0 Å². The average molecular weight is 339 g/mol. The summed E-state index contributed by atoms with van der Waals surface area (Å²) in [5.74, 6) is -4.06. The minimum absolute atomic E-state index is 0.270. The Morgan fingerprint density at radius 2 is 1.44 bits per heavy atom. The molecule has 1 N–H and O–H groups in total. The number of aromatic nitrogens is 1. The molecule has 0 aliphatic carbocycles. The van der Waals surface area contributed by atoms with E-state index in [-0.39, 0.29) is 5.69 Å². The summed E-state index contributed by atoms with van der Waals surface area (Å²) in [4.78, 5) is 4.55. The van der Waals surface area contributed by atoms with E-state index in [1.165, 1.54) is 4.90 Å². The molecule has 0 radical (unpaired) electrons. The molecular formula is C19H12F3N3. The number of pyridine rings is 1. The molecule has 6 heteroatoms. The zero-order valence-electron chi connectivity index (χ0n) is 12.9. The number of hydrogen-bond donors (Lipinski definition) is 1. The third-order valence-corrected chi connectivity index (χ3v) is 4.28. The highest BCUT2D eigenvalue weighted by Gasteiger charge is 2.30. The molecule has 0 spiro atoms. The van der Waals surface area contributed by atoms with E-state index in [9.17, 15) is 13.2 Å². The summed E-state index contributed by atoms with van der Waals surface area (Å²) in [6.07, 6.45) is 1.25. The molecule has 4 rings (SSSR count). The predicted molar refractivity (Wildman–Crippen MR) is 89.5 cm³/mol. The number of fused-ring (bicyclic) bond motifs is 2. The quantitative estimate of drug-likeness (QED) is 0.418. The van der Waals surface area contributed by atoms with Gasteiger partial charge in [0.2, 0.25) is 5.95 Å². The minimum Gasteiger partial charge on any atom is -0.308 e. The van der Waals surface area contributed by atoms with Gasteiger partial charge in [-0.3, -0.25) is 0 Å². The normalized spacial score (nSPS) is 12.5. The van der Waals surface area contributed by atoms with Gasteiger partial charge in [-0.15, -0.1) is 0 Å². The minimum atomic E-state index is -1.56. The molecule has 1 aliphatic heterocycles. The van der Waals surface area contributed by atoms with E-state index >= 15 is 0 Å². The standard InChI is InChI=1S/C19H12F3N3/c20-16-13(10-23)17(19(22)24-18(16)21)25-14-7-3-1-5-11(14)9-12-6-2-4-8-15(12)25/h1-8,10,23H,9H2. The molecule has 0 unspecified atom stereocenters. The number of hydrogen-bond acceptors (Lipinski definition) is 3. The van der Waals surface area contributed by atoms with Crippen molar-refractivity contribution in [3.8, 4) is 0 Å². The van der Waals surface area contributed by atoms with Gasteiger partial charge in [0.05, 0.1) is 5.56 Å². The van der Waals surface area contributed by atoms with Gasteiger partial charge in [0.25, 0.3) is 5.95 Å². The van der Waals surface area contributed by atoms with Crippen LogP contribution in [0.1, 0.15) is 16.7 Å². The summed E-state index contributed by atoms with van der Waals surface area (Å²) in [7, 11) is 0. The largest absolute Gasteiger partial charge is 0.308 e. The van der Waals surface area contributed by atoms with E-state index in [0.29, 0.717) is 24.0 Å². The van der Waals surface area contributed by atoms with Crippen LogP contribution in [0.2, 0.25) is 0 Å². The lowest BCUT2D eigenvalue weighted by atomic mass is 9.94. The molecule has 1 aliphatic rings. The Morgan fingerprint density at radius 1 is 0.880 bits per heavy atom. The maximum absolute atomic E-state index is 14.6. The molecule has 3 nitrogen and oxygen atoms in total. The van der Waals surface area contributed by atoms with Gasteiger partial charge >= 0.3 is 0 Å². The van der Waals surface area contributed by atoms with Gasteiger partial charge in [-0.25, -0.2) is 4.39 Å². The van der Waals surface area contributed by atoms with E-state index in [1.807, 2.05) is 24.3 Å². The zero-order chi connectivity index (χ0) is 17.6. The van der Waals surface area contributed by atoms with Crippen LogP contribution in [0.15, 0.2) is 48.5 Å². The van der Waals surface area contributed by atoms with E-state index < -0.39 is 23.3 Å². The second-order valence-corrected chi connectivity index (χ2v) is 5.68. The number of nitrogens with one attached hydrogen (secondary N) is 1. The Bertz CT molecular complexity index is 956. The van der Waals surface area contributed by atoms with Crippen LogP contribution in [0.5, 0.6) is 0 Å². The monoisotopic (exact) mass is 339 g/mol. The number of benzene rings is 2. The van der Waals surface area contributed by atoms with Crippen LogP contribution < -0.4 is 4.90 Å². The maximum Gasteiger partial charge on any atom is 0.252 e. The first-order valence-electron chi connectivity index (χ1n) is 7.62. The molecule has 25 heavy (non-hydrogen) atoms. The number of halogens is 3. The van der Waals surface area contributed by atoms with E-state index in [2.05, 4.69) is 4.98 Å².